The van der Waals surface area contributed by atoms with Gasteiger partial charge in [0.05, 0.1) is 40.2 Å². The average molecular weight is 497 g/mol. The number of methoxy groups -OCH3 is 5. The van der Waals surface area contributed by atoms with Crippen molar-refractivity contribution in [3.8, 4) is 23.3 Å². The van der Waals surface area contributed by atoms with E-state index in [2.05, 4.69) is 25.0 Å². The van der Waals surface area contributed by atoms with Crippen LogP contribution in [0.15, 0.2) is 18.2 Å². The third kappa shape index (κ3) is 6.36. The molecular formula is C19H20N4O8S2. The molecule has 0 bridgehead atoms. The number of thiocarbonyl (C=S) groups is 1. The summed E-state index contributed by atoms with van der Waals surface area (Å²) in [5.74, 6) is 0.204. The molecule has 0 aliphatic heterocycles. The molecule has 0 saturated carbocycles. The summed E-state index contributed by atoms with van der Waals surface area (Å²) in [6, 6.07) is 4.91. The van der Waals surface area contributed by atoms with Crippen LogP contribution in [0.25, 0.3) is 10.3 Å². The minimum absolute atomic E-state index is 0.00203. The number of carboxylic acids is 1. The highest BCUT2D eigenvalue weighted by Crippen LogP contribution is 2.31. The average Bonchev–Trinajstić information content (AvgIpc) is 3.26. The number of anilines is 1. The number of esters is 1. The summed E-state index contributed by atoms with van der Waals surface area (Å²) in [7, 11) is 7.17. The van der Waals surface area contributed by atoms with E-state index in [1.807, 2.05) is 0 Å². The largest absolute Gasteiger partial charge is 0.491 e. The molecule has 0 spiro atoms. The lowest BCUT2D eigenvalue weighted by atomic mass is 10.4. The van der Waals surface area contributed by atoms with Gasteiger partial charge >= 0.3 is 11.9 Å². The molecule has 3 rings (SSSR count). The molecule has 0 aromatic carbocycles. The van der Waals surface area contributed by atoms with Crippen molar-refractivity contribution in [3.05, 3.63) is 23.2 Å². The predicted molar refractivity (Wildman–Crippen MR) is 123 cm³/mol. The van der Waals surface area contributed by atoms with Gasteiger partial charge in [0, 0.05) is 6.07 Å². The SMILES string of the molecule is COC(=O)C(=S)Nc1ccc(OC)c(OC)n1.COc1cc2sc(C(=O)O)nc2nc1OC. The van der Waals surface area contributed by atoms with E-state index >= 15 is 0 Å². The Bertz CT molecular complexity index is 1130. The molecule has 0 aliphatic rings. The van der Waals surface area contributed by atoms with Crippen LogP contribution in [0, 0.1) is 0 Å². The maximum Gasteiger partial charge on any atom is 0.365 e. The summed E-state index contributed by atoms with van der Waals surface area (Å²) in [4.78, 5) is 33.7. The first-order valence-electron chi connectivity index (χ1n) is 8.89. The molecule has 0 amide bonds. The van der Waals surface area contributed by atoms with Crippen LogP contribution in [-0.2, 0) is 9.53 Å². The van der Waals surface area contributed by atoms with Crippen LogP contribution < -0.4 is 24.3 Å². The van der Waals surface area contributed by atoms with Crippen molar-refractivity contribution in [2.45, 2.75) is 0 Å². The monoisotopic (exact) mass is 496 g/mol. The summed E-state index contributed by atoms with van der Waals surface area (Å²) < 4.78 is 25.2. The van der Waals surface area contributed by atoms with Crippen LogP contribution in [0.2, 0.25) is 0 Å². The number of pyridine rings is 2. The van der Waals surface area contributed by atoms with Gasteiger partial charge in [-0.3, -0.25) is 0 Å². The maximum absolute atomic E-state index is 11.1. The van der Waals surface area contributed by atoms with Crippen LogP contribution >= 0.6 is 23.6 Å². The molecule has 0 unspecified atom stereocenters. The Balaban J connectivity index is 0.000000234. The molecule has 3 heterocycles. The molecule has 0 atom stereocenters. The van der Waals surface area contributed by atoms with Gasteiger partial charge in [0.1, 0.15) is 5.82 Å². The van der Waals surface area contributed by atoms with Crippen molar-refractivity contribution in [2.24, 2.45) is 0 Å². The topological polar surface area (TPSA) is 151 Å². The van der Waals surface area contributed by atoms with Crippen LogP contribution in [0.3, 0.4) is 0 Å². The van der Waals surface area contributed by atoms with E-state index < -0.39 is 11.9 Å². The van der Waals surface area contributed by atoms with E-state index in [9.17, 15) is 9.59 Å². The number of nitrogens with zero attached hydrogens (tertiary/aromatic N) is 3. The number of nitrogens with one attached hydrogen (secondary N) is 1. The highest BCUT2D eigenvalue weighted by Gasteiger charge is 2.15. The van der Waals surface area contributed by atoms with Gasteiger partial charge in [-0.15, -0.1) is 11.3 Å². The smallest absolute Gasteiger partial charge is 0.365 e. The van der Waals surface area contributed by atoms with Gasteiger partial charge < -0.3 is 34.1 Å². The summed E-state index contributed by atoms with van der Waals surface area (Å²) in [6.45, 7) is 0. The number of hydrogen-bond acceptors (Lipinski definition) is 12. The number of hydrogen-bond donors (Lipinski definition) is 2. The molecule has 176 valence electrons. The van der Waals surface area contributed by atoms with Crippen molar-refractivity contribution in [1.29, 1.82) is 0 Å². The molecule has 2 N–H and O–H groups in total. The fourth-order valence-electron chi connectivity index (χ4n) is 2.27. The molecule has 0 fully saturated rings. The van der Waals surface area contributed by atoms with Gasteiger partial charge in [-0.05, 0) is 12.1 Å². The highest BCUT2D eigenvalue weighted by atomic mass is 32.1. The van der Waals surface area contributed by atoms with Gasteiger partial charge in [0.25, 0.3) is 11.8 Å². The number of rotatable bonds is 6. The van der Waals surface area contributed by atoms with Crippen molar-refractivity contribution in [3.63, 3.8) is 0 Å². The predicted octanol–water partition coefficient (Wildman–Crippen LogP) is 2.42. The number of thiazole rings is 1. The Labute approximate surface area is 197 Å². The molecule has 33 heavy (non-hydrogen) atoms. The highest BCUT2D eigenvalue weighted by molar-refractivity contribution is 7.82. The molecule has 14 heteroatoms. The van der Waals surface area contributed by atoms with Crippen LogP contribution in [-0.4, -0.2) is 72.5 Å². The molecule has 12 nitrogen and oxygen atoms in total. The van der Waals surface area contributed by atoms with Gasteiger partial charge in [-0.1, -0.05) is 12.2 Å². The zero-order valence-corrected chi connectivity index (χ0v) is 19.8. The van der Waals surface area contributed by atoms with Gasteiger partial charge in [-0.25, -0.2) is 14.6 Å². The fraction of sp³-hybridized carbons (Fsp3) is 0.263. The third-order valence-electron chi connectivity index (χ3n) is 3.76. The Hall–Kier alpha value is -3.78. The quantitative estimate of drug-likeness (QED) is 0.380. The number of aromatic carboxylic acids is 1. The van der Waals surface area contributed by atoms with Crippen LogP contribution in [0.5, 0.6) is 23.3 Å². The molecule has 0 saturated heterocycles. The molecule has 0 radical (unpaired) electrons. The van der Waals surface area contributed by atoms with E-state index in [0.29, 0.717) is 33.5 Å². The maximum atomic E-state index is 11.1. The number of ether oxygens (including phenoxy) is 5. The molecule has 0 aliphatic carbocycles. The minimum Gasteiger partial charge on any atom is -0.491 e. The summed E-state index contributed by atoms with van der Waals surface area (Å²) in [5.41, 5.74) is 0.347. The normalized spacial score (nSPS) is 9.85. The molecule has 3 aromatic heterocycles. The third-order valence-corrected chi connectivity index (χ3v) is 5.01. The second-order valence-electron chi connectivity index (χ2n) is 5.70. The minimum atomic E-state index is -1.07. The van der Waals surface area contributed by atoms with E-state index in [1.165, 1.54) is 35.5 Å². The lowest BCUT2D eigenvalue weighted by molar-refractivity contribution is -0.132. The number of aromatic nitrogens is 3. The lowest BCUT2D eigenvalue weighted by Gasteiger charge is -2.09. The number of fused-ring (bicyclic) bond motifs is 1. The van der Waals surface area contributed by atoms with E-state index in [4.69, 9.17) is 36.3 Å². The van der Waals surface area contributed by atoms with Crippen molar-refractivity contribution >= 4 is 56.6 Å². The van der Waals surface area contributed by atoms with Gasteiger partial charge in [0.2, 0.25) is 5.01 Å². The first-order valence-corrected chi connectivity index (χ1v) is 10.1. The summed E-state index contributed by atoms with van der Waals surface area (Å²) >= 11 is 5.85. The fourth-order valence-corrected chi connectivity index (χ4v) is 3.24. The van der Waals surface area contributed by atoms with E-state index in [1.54, 1.807) is 18.2 Å². The zero-order valence-electron chi connectivity index (χ0n) is 18.2. The molecular weight excluding hydrogens is 476 g/mol. The van der Waals surface area contributed by atoms with Gasteiger partial charge in [-0.2, -0.15) is 9.97 Å². The number of carbonyl (C=O) groups excluding carboxylic acids is 1. The summed E-state index contributed by atoms with van der Waals surface area (Å²) in [5, 5.41) is 11.4. The first kappa shape index (κ1) is 25.5. The lowest BCUT2D eigenvalue weighted by Crippen LogP contribution is -2.22. The Morgan fingerprint density at radius 2 is 1.58 bits per heavy atom. The Morgan fingerprint density at radius 3 is 2.12 bits per heavy atom. The second-order valence-corrected chi connectivity index (χ2v) is 7.14. The second kappa shape index (κ2) is 11.7. The Morgan fingerprint density at radius 1 is 0.939 bits per heavy atom. The zero-order chi connectivity index (χ0) is 24.5. The Kier molecular flexibility index (Phi) is 9.06. The van der Waals surface area contributed by atoms with Crippen molar-refractivity contribution in [2.75, 3.05) is 40.9 Å². The van der Waals surface area contributed by atoms with Crippen LogP contribution in [0.4, 0.5) is 5.82 Å². The van der Waals surface area contributed by atoms with Gasteiger partial charge in [0.15, 0.2) is 22.1 Å². The first-order chi connectivity index (χ1) is 15.8. The standard InChI is InChI=1S/C10H12N2O4S.C9H8N2O4S/c1-14-6-4-5-7(11-8(6)15-2)12-9(17)10(13)16-3;1-14-4-3-5-6(10-7(4)15-2)11-8(16-5)9(12)13/h4-5H,1-3H3,(H,11,12,17);3H,1-2H3,(H,12,13). The van der Waals surface area contributed by atoms with E-state index in [0.717, 1.165) is 11.3 Å². The van der Waals surface area contributed by atoms with E-state index in [-0.39, 0.29) is 15.9 Å². The van der Waals surface area contributed by atoms with Crippen LogP contribution in [0.1, 0.15) is 9.80 Å². The number of carboxylic acid groups (broad SMARTS) is 1. The van der Waals surface area contributed by atoms with Crippen molar-refractivity contribution < 1.29 is 38.4 Å². The number of carbonyl (C=O) groups is 2. The van der Waals surface area contributed by atoms with Crippen molar-refractivity contribution in [1.82, 2.24) is 15.0 Å². The summed E-state index contributed by atoms with van der Waals surface area (Å²) in [6.07, 6.45) is 0. The molecule has 3 aromatic rings.